The van der Waals surface area contributed by atoms with Gasteiger partial charge in [0.1, 0.15) is 5.75 Å². The van der Waals surface area contributed by atoms with Crippen LogP contribution in [0.25, 0.3) is 0 Å². The van der Waals surface area contributed by atoms with Gasteiger partial charge in [0.15, 0.2) is 5.96 Å². The molecule has 0 radical (unpaired) electrons. The van der Waals surface area contributed by atoms with Gasteiger partial charge in [-0.05, 0) is 51.3 Å². The second-order valence-corrected chi connectivity index (χ2v) is 5.89. The molecular formula is C17H28IN3O2. The van der Waals surface area contributed by atoms with Crippen LogP contribution in [0.4, 0.5) is 0 Å². The topological polar surface area (TPSA) is 65.9 Å². The first-order valence-electron chi connectivity index (χ1n) is 8.08. The van der Waals surface area contributed by atoms with Crippen molar-refractivity contribution in [3.05, 3.63) is 29.8 Å². The Morgan fingerprint density at radius 1 is 1.39 bits per heavy atom. The lowest BCUT2D eigenvalue weighted by Gasteiger charge is -2.14. The minimum Gasteiger partial charge on any atom is -0.491 e. The third-order valence-electron chi connectivity index (χ3n) is 3.30. The van der Waals surface area contributed by atoms with E-state index in [1.165, 1.54) is 12.8 Å². The molecule has 0 saturated heterocycles. The van der Waals surface area contributed by atoms with Gasteiger partial charge in [-0.15, -0.1) is 24.0 Å². The number of ether oxygens (including phenoxy) is 1. The maximum Gasteiger partial charge on any atom is 0.191 e. The number of halogens is 1. The van der Waals surface area contributed by atoms with E-state index in [4.69, 9.17) is 4.74 Å². The molecule has 1 fully saturated rings. The second kappa shape index (κ2) is 9.97. The van der Waals surface area contributed by atoms with E-state index in [1.807, 2.05) is 45.0 Å². The molecule has 1 aliphatic rings. The van der Waals surface area contributed by atoms with Crippen molar-refractivity contribution in [3.63, 3.8) is 0 Å². The van der Waals surface area contributed by atoms with Gasteiger partial charge in [-0.2, -0.15) is 0 Å². The number of hydrogen-bond donors (Lipinski definition) is 3. The summed E-state index contributed by atoms with van der Waals surface area (Å²) in [7, 11) is 0. The van der Waals surface area contributed by atoms with Crippen molar-refractivity contribution >= 4 is 29.9 Å². The molecule has 1 atom stereocenters. The third kappa shape index (κ3) is 7.39. The molecule has 6 heteroatoms. The summed E-state index contributed by atoms with van der Waals surface area (Å²) in [5, 5.41) is 16.9. The molecule has 1 aromatic rings. The predicted molar refractivity (Wildman–Crippen MR) is 105 cm³/mol. The van der Waals surface area contributed by atoms with E-state index in [2.05, 4.69) is 15.6 Å². The van der Waals surface area contributed by atoms with E-state index in [1.54, 1.807) is 0 Å². The molecule has 5 nitrogen and oxygen atoms in total. The fourth-order valence-electron chi connectivity index (χ4n) is 2.09. The molecule has 0 amide bonds. The zero-order chi connectivity index (χ0) is 15.9. The second-order valence-electron chi connectivity index (χ2n) is 5.89. The molecule has 1 aliphatic carbocycles. The molecule has 1 aromatic carbocycles. The predicted octanol–water partition coefficient (Wildman–Crippen LogP) is 2.84. The average Bonchev–Trinajstić information content (AvgIpc) is 3.28. The zero-order valence-electron chi connectivity index (χ0n) is 14.1. The van der Waals surface area contributed by atoms with Gasteiger partial charge < -0.3 is 20.5 Å². The first-order chi connectivity index (χ1) is 10.6. The first-order valence-corrected chi connectivity index (χ1v) is 8.08. The number of rotatable bonds is 7. The molecule has 3 N–H and O–H groups in total. The summed E-state index contributed by atoms with van der Waals surface area (Å²) in [6.45, 7) is 7.14. The van der Waals surface area contributed by atoms with E-state index in [-0.39, 0.29) is 30.1 Å². The highest BCUT2D eigenvalue weighted by atomic mass is 127. The van der Waals surface area contributed by atoms with E-state index in [0.717, 1.165) is 23.8 Å². The summed E-state index contributed by atoms with van der Waals surface area (Å²) in [6.07, 6.45) is 1.88. The van der Waals surface area contributed by atoms with Gasteiger partial charge >= 0.3 is 0 Å². The van der Waals surface area contributed by atoms with Crippen molar-refractivity contribution in [1.29, 1.82) is 0 Å². The van der Waals surface area contributed by atoms with Crippen LogP contribution in [0, 0.1) is 0 Å². The smallest absolute Gasteiger partial charge is 0.191 e. The van der Waals surface area contributed by atoms with Gasteiger partial charge in [0.2, 0.25) is 0 Å². The summed E-state index contributed by atoms with van der Waals surface area (Å²) >= 11 is 0. The van der Waals surface area contributed by atoms with Gasteiger partial charge in [-0.25, -0.2) is 0 Å². The van der Waals surface area contributed by atoms with Crippen LogP contribution < -0.4 is 15.4 Å². The van der Waals surface area contributed by atoms with Gasteiger partial charge in [0.25, 0.3) is 0 Å². The number of guanidine groups is 1. The number of aliphatic hydroxyl groups is 1. The lowest BCUT2D eigenvalue weighted by Crippen LogP contribution is -2.38. The Morgan fingerprint density at radius 2 is 2.13 bits per heavy atom. The van der Waals surface area contributed by atoms with Gasteiger partial charge in [-0.3, -0.25) is 4.99 Å². The first kappa shape index (κ1) is 20.0. The minimum atomic E-state index is -0.634. The van der Waals surface area contributed by atoms with Crippen LogP contribution >= 0.6 is 24.0 Å². The van der Waals surface area contributed by atoms with Crippen molar-refractivity contribution in [1.82, 2.24) is 10.6 Å². The standard InChI is InChI=1S/C17H27N3O2.HI/c1-4-18-17(20-14-8-9-14)19-11-16(21)13-6-5-7-15(10-13)22-12(2)3;/h5-7,10,12,14,16,21H,4,8-9,11H2,1-3H3,(H2,18,19,20);1H. The SMILES string of the molecule is CCNC(=NCC(O)c1cccc(OC(C)C)c1)NC1CC1.I. The third-order valence-corrected chi connectivity index (χ3v) is 3.30. The van der Waals surface area contributed by atoms with Crippen LogP contribution in [0.1, 0.15) is 45.3 Å². The zero-order valence-corrected chi connectivity index (χ0v) is 16.4. The van der Waals surface area contributed by atoms with E-state index in [0.29, 0.717) is 12.6 Å². The summed E-state index contributed by atoms with van der Waals surface area (Å²) in [5.74, 6) is 1.55. The number of nitrogens with one attached hydrogen (secondary N) is 2. The maximum atomic E-state index is 10.3. The fourth-order valence-corrected chi connectivity index (χ4v) is 2.09. The lowest BCUT2D eigenvalue weighted by atomic mass is 10.1. The largest absolute Gasteiger partial charge is 0.491 e. The van der Waals surface area contributed by atoms with Crippen LogP contribution in [0.5, 0.6) is 5.75 Å². The minimum absolute atomic E-state index is 0. The highest BCUT2D eigenvalue weighted by Crippen LogP contribution is 2.21. The number of aliphatic imine (C=N–C) groups is 1. The Kier molecular flexibility index (Phi) is 8.68. The van der Waals surface area contributed by atoms with E-state index < -0.39 is 6.10 Å². The molecule has 0 aliphatic heterocycles. The molecule has 130 valence electrons. The molecular weight excluding hydrogens is 405 g/mol. The van der Waals surface area contributed by atoms with Crippen LogP contribution in [0.3, 0.4) is 0 Å². The van der Waals surface area contributed by atoms with Crippen molar-refractivity contribution in [2.75, 3.05) is 13.1 Å². The molecule has 0 heterocycles. The average molecular weight is 433 g/mol. The molecule has 1 saturated carbocycles. The monoisotopic (exact) mass is 433 g/mol. The highest BCUT2D eigenvalue weighted by molar-refractivity contribution is 14.0. The van der Waals surface area contributed by atoms with E-state index >= 15 is 0 Å². The molecule has 0 spiro atoms. The van der Waals surface area contributed by atoms with Crippen LogP contribution in [0.2, 0.25) is 0 Å². The Balaban J connectivity index is 0.00000264. The van der Waals surface area contributed by atoms with Gasteiger partial charge in [0, 0.05) is 12.6 Å². The Hall–Kier alpha value is -1.02. The summed E-state index contributed by atoms with van der Waals surface area (Å²) in [5.41, 5.74) is 0.823. The number of nitrogens with zero attached hydrogens (tertiary/aromatic N) is 1. The molecule has 0 bridgehead atoms. The molecule has 1 unspecified atom stereocenters. The summed E-state index contributed by atoms with van der Waals surface area (Å²) in [6, 6.07) is 8.11. The van der Waals surface area contributed by atoms with E-state index in [9.17, 15) is 5.11 Å². The quantitative estimate of drug-likeness (QED) is 0.352. The summed E-state index contributed by atoms with van der Waals surface area (Å²) < 4.78 is 5.66. The number of benzene rings is 1. The fraction of sp³-hybridized carbons (Fsp3) is 0.588. The highest BCUT2D eigenvalue weighted by Gasteiger charge is 2.22. The van der Waals surface area contributed by atoms with Crippen molar-refractivity contribution in [2.45, 2.75) is 51.9 Å². The molecule has 2 rings (SSSR count). The molecule has 23 heavy (non-hydrogen) atoms. The summed E-state index contributed by atoms with van der Waals surface area (Å²) in [4.78, 5) is 4.46. The van der Waals surface area contributed by atoms with Gasteiger partial charge in [0.05, 0.1) is 18.8 Å². The Bertz CT molecular complexity index is 504. The maximum absolute atomic E-state index is 10.3. The molecule has 0 aromatic heterocycles. The Labute approximate surface area is 155 Å². The van der Waals surface area contributed by atoms with Crippen LogP contribution in [-0.4, -0.2) is 36.3 Å². The van der Waals surface area contributed by atoms with Crippen molar-refractivity contribution in [3.8, 4) is 5.75 Å². The number of aliphatic hydroxyl groups excluding tert-OH is 1. The van der Waals surface area contributed by atoms with Crippen LogP contribution in [0.15, 0.2) is 29.3 Å². The number of hydrogen-bond acceptors (Lipinski definition) is 3. The lowest BCUT2D eigenvalue weighted by molar-refractivity contribution is 0.185. The van der Waals surface area contributed by atoms with Crippen LogP contribution in [-0.2, 0) is 0 Å². The Morgan fingerprint density at radius 3 is 2.74 bits per heavy atom. The van der Waals surface area contributed by atoms with Crippen molar-refractivity contribution < 1.29 is 9.84 Å². The van der Waals surface area contributed by atoms with Crippen molar-refractivity contribution in [2.24, 2.45) is 4.99 Å². The van der Waals surface area contributed by atoms with Gasteiger partial charge in [-0.1, -0.05) is 12.1 Å². The normalized spacial score (nSPS) is 15.8.